The molecule has 1 heterocycles. The largest absolute Gasteiger partial charge is 0.507 e. The van der Waals surface area contributed by atoms with Gasteiger partial charge in [-0.25, -0.2) is 4.39 Å². The lowest BCUT2D eigenvalue weighted by atomic mass is 10.2. The van der Waals surface area contributed by atoms with Gasteiger partial charge in [0.05, 0.1) is 19.2 Å². The molecule has 1 aliphatic heterocycles. The van der Waals surface area contributed by atoms with Gasteiger partial charge in [0.2, 0.25) is 0 Å². The zero-order valence-electron chi connectivity index (χ0n) is 11.8. The van der Waals surface area contributed by atoms with Crippen molar-refractivity contribution in [2.24, 2.45) is 0 Å². The number of benzene rings is 2. The van der Waals surface area contributed by atoms with Gasteiger partial charge >= 0.3 is 0 Å². The van der Waals surface area contributed by atoms with Crippen molar-refractivity contribution in [3.63, 3.8) is 0 Å². The number of phenolic OH excluding ortho intramolecular Hbond substituents is 1. The Morgan fingerprint density at radius 1 is 1.29 bits per heavy atom. The minimum absolute atomic E-state index is 0.0707. The molecule has 0 spiro atoms. The van der Waals surface area contributed by atoms with Crippen molar-refractivity contribution in [1.29, 1.82) is 0 Å². The molecular weight excluding hydrogens is 484 g/mol. The summed E-state index contributed by atoms with van der Waals surface area (Å²) >= 11 is 14.2. The smallest absolute Gasteiger partial charge is 0.270 e. The van der Waals surface area contributed by atoms with Gasteiger partial charge in [0.1, 0.15) is 11.6 Å². The monoisotopic (exact) mass is 491 g/mol. The Morgan fingerprint density at radius 2 is 2.04 bits per heavy atom. The molecule has 1 N–H and O–H groups in total. The third-order valence-electron chi connectivity index (χ3n) is 3.22. The van der Waals surface area contributed by atoms with E-state index in [2.05, 4.69) is 0 Å². The highest BCUT2D eigenvalue weighted by molar-refractivity contribution is 14.1. The Morgan fingerprint density at radius 3 is 2.71 bits per heavy atom. The molecule has 24 heavy (non-hydrogen) atoms. The van der Waals surface area contributed by atoms with Gasteiger partial charge in [-0.1, -0.05) is 41.6 Å². The van der Waals surface area contributed by atoms with E-state index in [9.17, 15) is 14.3 Å². The number of nitrogens with zero attached hydrogens (tertiary/aromatic N) is 1. The molecule has 0 radical (unpaired) electrons. The summed E-state index contributed by atoms with van der Waals surface area (Å²) in [6.45, 7) is 0. The van der Waals surface area contributed by atoms with Crippen molar-refractivity contribution in [2.75, 3.05) is 4.90 Å². The lowest BCUT2D eigenvalue weighted by Crippen LogP contribution is -2.27. The molecule has 0 aliphatic carbocycles. The number of rotatable bonds is 2. The van der Waals surface area contributed by atoms with E-state index in [1.807, 2.05) is 22.6 Å². The number of aromatic hydroxyl groups is 1. The van der Waals surface area contributed by atoms with Gasteiger partial charge < -0.3 is 5.11 Å². The van der Waals surface area contributed by atoms with Crippen LogP contribution < -0.4 is 4.90 Å². The fraction of sp³-hybridized carbons (Fsp3) is 0. The first-order valence-electron chi connectivity index (χ1n) is 6.58. The Balaban J connectivity index is 1.94. The van der Waals surface area contributed by atoms with E-state index in [1.54, 1.807) is 24.3 Å². The molecule has 1 saturated heterocycles. The zero-order chi connectivity index (χ0) is 17.4. The summed E-state index contributed by atoms with van der Waals surface area (Å²) in [7, 11) is 0. The van der Waals surface area contributed by atoms with E-state index < -0.39 is 5.82 Å². The topological polar surface area (TPSA) is 40.5 Å². The van der Waals surface area contributed by atoms with Crippen LogP contribution in [0.1, 0.15) is 5.56 Å². The molecule has 3 rings (SSSR count). The summed E-state index contributed by atoms with van der Waals surface area (Å²) in [5, 5.41) is 9.49. The zero-order valence-corrected chi connectivity index (χ0v) is 16.3. The Kier molecular flexibility index (Phi) is 5.14. The highest BCUT2D eigenvalue weighted by Crippen LogP contribution is 2.37. The first-order valence-corrected chi connectivity index (χ1v) is 9.26. The van der Waals surface area contributed by atoms with E-state index in [1.165, 1.54) is 23.1 Å². The molecule has 0 bridgehead atoms. The second-order valence-corrected chi connectivity index (χ2v) is 8.07. The summed E-state index contributed by atoms with van der Waals surface area (Å²) in [6, 6.07) is 9.05. The number of amides is 1. The maximum Gasteiger partial charge on any atom is 0.270 e. The number of thiocarbonyl (C=S) groups is 1. The predicted molar refractivity (Wildman–Crippen MR) is 108 cm³/mol. The third kappa shape index (κ3) is 3.44. The fourth-order valence-corrected chi connectivity index (χ4v) is 4.09. The normalized spacial score (nSPS) is 16.3. The second-order valence-electron chi connectivity index (χ2n) is 4.83. The van der Waals surface area contributed by atoms with E-state index in [-0.39, 0.29) is 16.7 Å². The number of carbonyl (C=O) groups excluding carboxylic acids is 1. The lowest BCUT2D eigenvalue weighted by Gasteiger charge is -2.14. The number of phenols is 1. The first kappa shape index (κ1) is 17.7. The number of thioether (sulfide) groups is 1. The average molecular weight is 492 g/mol. The van der Waals surface area contributed by atoms with Gasteiger partial charge in [-0.15, -0.1) is 0 Å². The van der Waals surface area contributed by atoms with Crippen LogP contribution in [0.25, 0.3) is 6.08 Å². The predicted octanol–water partition coefficient (Wildman–Crippen LogP) is 5.20. The molecule has 0 unspecified atom stereocenters. The van der Waals surface area contributed by atoms with E-state index in [0.717, 1.165) is 17.3 Å². The van der Waals surface area contributed by atoms with Gasteiger partial charge in [-0.05, 0) is 64.6 Å². The molecule has 0 aromatic heterocycles. The number of halogens is 3. The van der Waals surface area contributed by atoms with E-state index in [0.29, 0.717) is 18.5 Å². The van der Waals surface area contributed by atoms with Crippen molar-refractivity contribution < 1.29 is 14.3 Å². The van der Waals surface area contributed by atoms with Gasteiger partial charge in [-0.3, -0.25) is 9.69 Å². The molecular formula is C16H8ClFINO2S2. The minimum atomic E-state index is -0.555. The van der Waals surface area contributed by atoms with Crippen LogP contribution in [0.15, 0.2) is 41.3 Å². The van der Waals surface area contributed by atoms with Gasteiger partial charge in [0.25, 0.3) is 5.91 Å². The number of anilines is 1. The Hall–Kier alpha value is -1.16. The third-order valence-corrected chi connectivity index (χ3v) is 5.68. The van der Waals surface area contributed by atoms with Crippen molar-refractivity contribution in [1.82, 2.24) is 0 Å². The van der Waals surface area contributed by atoms with Crippen LogP contribution in [-0.2, 0) is 4.79 Å². The van der Waals surface area contributed by atoms with Crippen LogP contribution >= 0.6 is 58.2 Å². The standard InChI is InChI=1S/C16H8ClFINO2S2/c17-10-7-9(2-3-11(10)18)20-15(22)14(24-16(20)23)6-8-1-4-13(21)12(19)5-8/h1-7,21H/b14-6-. The Labute approximate surface area is 165 Å². The fourth-order valence-electron chi connectivity index (χ4n) is 2.08. The first-order chi connectivity index (χ1) is 11.4. The van der Waals surface area contributed by atoms with Crippen molar-refractivity contribution in [3.8, 4) is 5.75 Å². The summed E-state index contributed by atoms with van der Waals surface area (Å²) in [5.74, 6) is -0.669. The van der Waals surface area contributed by atoms with Crippen LogP contribution in [-0.4, -0.2) is 15.3 Å². The minimum Gasteiger partial charge on any atom is -0.507 e. The molecule has 122 valence electrons. The molecule has 2 aromatic rings. The molecule has 0 atom stereocenters. The van der Waals surface area contributed by atoms with E-state index >= 15 is 0 Å². The second kappa shape index (κ2) is 6.99. The summed E-state index contributed by atoms with van der Waals surface area (Å²) < 4.78 is 14.3. The molecule has 1 amide bonds. The molecule has 8 heteroatoms. The Bertz CT molecular complexity index is 904. The maximum absolute atomic E-state index is 13.3. The van der Waals surface area contributed by atoms with Crippen LogP contribution in [0.2, 0.25) is 5.02 Å². The number of hydrogen-bond donors (Lipinski definition) is 1. The van der Waals surface area contributed by atoms with Gasteiger partial charge in [-0.2, -0.15) is 0 Å². The van der Waals surface area contributed by atoms with Crippen LogP contribution in [0, 0.1) is 9.39 Å². The molecule has 2 aromatic carbocycles. The van der Waals surface area contributed by atoms with Crippen LogP contribution in [0.5, 0.6) is 5.75 Å². The average Bonchev–Trinajstić information content (AvgIpc) is 2.80. The SMILES string of the molecule is O=C1/C(=C/c2ccc(O)c(I)c2)SC(=S)N1c1ccc(F)c(Cl)c1. The number of carbonyl (C=O) groups is 1. The van der Waals surface area contributed by atoms with Crippen molar-refractivity contribution in [3.05, 3.63) is 61.3 Å². The van der Waals surface area contributed by atoms with Crippen LogP contribution in [0.3, 0.4) is 0 Å². The molecule has 0 saturated carbocycles. The summed E-state index contributed by atoms with van der Waals surface area (Å²) in [6.07, 6.45) is 1.70. The summed E-state index contributed by atoms with van der Waals surface area (Å²) in [4.78, 5) is 14.4. The van der Waals surface area contributed by atoms with Crippen molar-refractivity contribution in [2.45, 2.75) is 0 Å². The van der Waals surface area contributed by atoms with Gasteiger partial charge in [0.15, 0.2) is 4.32 Å². The number of hydrogen-bond acceptors (Lipinski definition) is 4. The lowest BCUT2D eigenvalue weighted by molar-refractivity contribution is -0.113. The highest BCUT2D eigenvalue weighted by Gasteiger charge is 2.33. The van der Waals surface area contributed by atoms with Crippen molar-refractivity contribution >= 4 is 80.2 Å². The molecule has 1 aliphatic rings. The van der Waals surface area contributed by atoms with E-state index in [4.69, 9.17) is 23.8 Å². The molecule has 3 nitrogen and oxygen atoms in total. The van der Waals surface area contributed by atoms with Gasteiger partial charge in [0, 0.05) is 0 Å². The van der Waals surface area contributed by atoms with Crippen LogP contribution in [0.4, 0.5) is 10.1 Å². The highest BCUT2D eigenvalue weighted by atomic mass is 127. The quantitative estimate of drug-likeness (QED) is 0.356. The maximum atomic E-state index is 13.3. The molecule has 1 fully saturated rings. The summed E-state index contributed by atoms with van der Waals surface area (Å²) in [5.41, 5.74) is 1.20.